The molecule has 0 aromatic heterocycles. The van der Waals surface area contributed by atoms with E-state index in [1.165, 1.54) is 89.9 Å². The molecule has 4 fully saturated rings. The quantitative estimate of drug-likeness (QED) is 0.311. The molecule has 198 valence electrons. The number of allylic oxidation sites excluding steroid dienone is 1. The maximum absolute atomic E-state index is 10.7. The SMILES string of the molecule is CC.CC.CC12CCC3C(CC=C4C[C@@](C)(O)CC[C@@]43C)C1CCC2CCCCC1CCCC1. The Balaban J connectivity index is 0.000000771. The molecule has 0 amide bonds. The summed E-state index contributed by atoms with van der Waals surface area (Å²) in [6.45, 7) is 15.3. The van der Waals surface area contributed by atoms with Gasteiger partial charge in [-0.05, 0) is 105 Å². The standard InChI is InChI=1S/C29H48O.2C2H6/c1-27(30)18-19-29(3)23(20-27)12-14-24-25-15-13-22(28(25,2)17-16-26(24)29)11-7-6-10-21-8-4-5-9-21;2*1-2/h12,21-22,24-26,30H,4-11,13-20H2,1-3H3;2*1-2H3/t22?,24?,25?,26?,27-,28?,29-;;/m0../s1. The lowest BCUT2D eigenvalue weighted by molar-refractivity contribution is -0.0661. The minimum atomic E-state index is -0.460. The zero-order chi connectivity index (χ0) is 25.0. The largest absolute Gasteiger partial charge is 0.390 e. The summed E-state index contributed by atoms with van der Waals surface area (Å²) in [5.74, 6) is 4.84. The fraction of sp³-hybridized carbons (Fsp3) is 0.939. The molecule has 5 aliphatic rings. The number of rotatable bonds is 5. The van der Waals surface area contributed by atoms with Crippen molar-refractivity contribution in [3.63, 3.8) is 0 Å². The Morgan fingerprint density at radius 1 is 0.794 bits per heavy atom. The van der Waals surface area contributed by atoms with Crippen LogP contribution in [0, 0.1) is 40.4 Å². The Labute approximate surface area is 214 Å². The van der Waals surface area contributed by atoms with Crippen LogP contribution in [0.2, 0.25) is 0 Å². The molecule has 0 bridgehead atoms. The number of aliphatic hydroxyl groups is 1. The Morgan fingerprint density at radius 2 is 1.47 bits per heavy atom. The number of hydrogen-bond acceptors (Lipinski definition) is 1. The summed E-state index contributed by atoms with van der Waals surface area (Å²) in [7, 11) is 0. The van der Waals surface area contributed by atoms with Crippen LogP contribution in [-0.4, -0.2) is 10.7 Å². The van der Waals surface area contributed by atoms with Gasteiger partial charge in [-0.25, -0.2) is 0 Å². The molecule has 7 atom stereocenters. The number of unbranched alkanes of at least 4 members (excludes halogenated alkanes) is 1. The van der Waals surface area contributed by atoms with Crippen molar-refractivity contribution in [3.8, 4) is 0 Å². The molecule has 0 heterocycles. The van der Waals surface area contributed by atoms with Gasteiger partial charge < -0.3 is 5.11 Å². The first-order chi connectivity index (χ1) is 16.3. The first-order valence-electron chi connectivity index (χ1n) is 15.7. The third-order valence-electron chi connectivity index (χ3n) is 11.5. The van der Waals surface area contributed by atoms with Gasteiger partial charge in [0, 0.05) is 0 Å². The Hall–Kier alpha value is -0.300. The van der Waals surface area contributed by atoms with E-state index in [4.69, 9.17) is 0 Å². The van der Waals surface area contributed by atoms with Crippen LogP contribution in [0.1, 0.15) is 151 Å². The summed E-state index contributed by atoms with van der Waals surface area (Å²) in [4.78, 5) is 0. The van der Waals surface area contributed by atoms with Crippen molar-refractivity contribution in [2.45, 2.75) is 157 Å². The zero-order valence-electron chi connectivity index (χ0n) is 24.2. The molecule has 0 aromatic rings. The smallest absolute Gasteiger partial charge is 0.0657 e. The molecule has 34 heavy (non-hydrogen) atoms. The topological polar surface area (TPSA) is 20.2 Å². The predicted octanol–water partition coefficient (Wildman–Crippen LogP) is 10.1. The normalized spacial score (nSPS) is 43.4. The van der Waals surface area contributed by atoms with E-state index in [9.17, 15) is 5.11 Å². The Bertz CT molecular complexity index is 655. The molecule has 0 aliphatic heterocycles. The average Bonchev–Trinajstić information content (AvgIpc) is 3.47. The van der Waals surface area contributed by atoms with E-state index in [1.54, 1.807) is 5.57 Å². The van der Waals surface area contributed by atoms with Crippen LogP contribution in [0.4, 0.5) is 0 Å². The highest BCUT2D eigenvalue weighted by molar-refractivity contribution is 5.26. The second-order valence-electron chi connectivity index (χ2n) is 13.2. The molecule has 5 unspecified atom stereocenters. The van der Waals surface area contributed by atoms with Gasteiger partial charge in [-0.15, -0.1) is 0 Å². The highest BCUT2D eigenvalue weighted by atomic mass is 16.3. The number of hydrogen-bond donors (Lipinski definition) is 1. The maximum atomic E-state index is 10.7. The van der Waals surface area contributed by atoms with Crippen molar-refractivity contribution in [2.75, 3.05) is 0 Å². The molecule has 0 spiro atoms. The van der Waals surface area contributed by atoms with Crippen LogP contribution in [0.3, 0.4) is 0 Å². The molecular formula is C33H60O. The summed E-state index contributed by atoms with van der Waals surface area (Å²) >= 11 is 0. The van der Waals surface area contributed by atoms with Crippen molar-refractivity contribution in [1.82, 2.24) is 0 Å². The minimum Gasteiger partial charge on any atom is -0.390 e. The monoisotopic (exact) mass is 472 g/mol. The fourth-order valence-electron chi connectivity index (χ4n) is 9.51. The molecule has 0 saturated heterocycles. The van der Waals surface area contributed by atoms with E-state index in [2.05, 4.69) is 26.8 Å². The molecule has 1 nitrogen and oxygen atoms in total. The van der Waals surface area contributed by atoms with Gasteiger partial charge >= 0.3 is 0 Å². The highest BCUT2D eigenvalue weighted by Gasteiger charge is 2.58. The number of fused-ring (bicyclic) bond motifs is 5. The maximum Gasteiger partial charge on any atom is 0.0657 e. The Morgan fingerprint density at radius 3 is 2.18 bits per heavy atom. The second kappa shape index (κ2) is 11.8. The summed E-state index contributed by atoms with van der Waals surface area (Å²) in [5, 5.41) is 10.7. The lowest BCUT2D eigenvalue weighted by Crippen LogP contribution is -2.51. The summed E-state index contributed by atoms with van der Waals surface area (Å²) in [5.41, 5.74) is 2.16. The molecule has 1 N–H and O–H groups in total. The van der Waals surface area contributed by atoms with Crippen molar-refractivity contribution < 1.29 is 5.11 Å². The highest BCUT2D eigenvalue weighted by Crippen LogP contribution is 2.67. The van der Waals surface area contributed by atoms with Gasteiger partial charge in [0.15, 0.2) is 0 Å². The van der Waals surface area contributed by atoms with E-state index >= 15 is 0 Å². The Kier molecular flexibility index (Phi) is 9.84. The summed E-state index contributed by atoms with van der Waals surface area (Å²) in [6.07, 6.45) is 25.1. The van der Waals surface area contributed by atoms with E-state index < -0.39 is 5.60 Å². The third kappa shape index (κ3) is 5.50. The molecule has 0 radical (unpaired) electrons. The predicted molar refractivity (Wildman–Crippen MR) is 149 cm³/mol. The van der Waals surface area contributed by atoms with Crippen LogP contribution in [0.5, 0.6) is 0 Å². The van der Waals surface area contributed by atoms with Crippen molar-refractivity contribution >= 4 is 0 Å². The van der Waals surface area contributed by atoms with E-state index in [0.717, 1.165) is 42.4 Å². The van der Waals surface area contributed by atoms with Crippen molar-refractivity contribution in [2.24, 2.45) is 40.4 Å². The van der Waals surface area contributed by atoms with Gasteiger partial charge in [0.2, 0.25) is 0 Å². The minimum absolute atomic E-state index is 0.381. The van der Waals surface area contributed by atoms with E-state index in [0.29, 0.717) is 10.8 Å². The van der Waals surface area contributed by atoms with Crippen LogP contribution < -0.4 is 0 Å². The van der Waals surface area contributed by atoms with Gasteiger partial charge in [0.05, 0.1) is 5.60 Å². The molecule has 5 aliphatic carbocycles. The summed E-state index contributed by atoms with van der Waals surface area (Å²) in [6, 6.07) is 0. The van der Waals surface area contributed by atoms with Crippen LogP contribution in [0.15, 0.2) is 11.6 Å². The van der Waals surface area contributed by atoms with Crippen LogP contribution in [-0.2, 0) is 0 Å². The van der Waals surface area contributed by atoms with Gasteiger partial charge in [0.25, 0.3) is 0 Å². The average molecular weight is 473 g/mol. The first kappa shape index (κ1) is 28.3. The second-order valence-corrected chi connectivity index (χ2v) is 13.2. The fourth-order valence-corrected chi connectivity index (χ4v) is 9.51. The van der Waals surface area contributed by atoms with Crippen molar-refractivity contribution in [3.05, 3.63) is 11.6 Å². The molecule has 4 saturated carbocycles. The third-order valence-corrected chi connectivity index (χ3v) is 11.5. The van der Waals surface area contributed by atoms with E-state index in [-0.39, 0.29) is 0 Å². The molecule has 5 rings (SSSR count). The molecular weight excluding hydrogens is 412 g/mol. The molecule has 0 aromatic carbocycles. The van der Waals surface area contributed by atoms with Crippen molar-refractivity contribution in [1.29, 1.82) is 0 Å². The zero-order valence-corrected chi connectivity index (χ0v) is 24.2. The van der Waals surface area contributed by atoms with Gasteiger partial charge in [0.1, 0.15) is 0 Å². The summed E-state index contributed by atoms with van der Waals surface area (Å²) < 4.78 is 0. The first-order valence-corrected chi connectivity index (χ1v) is 15.7. The van der Waals surface area contributed by atoms with Gasteiger partial charge in [-0.3, -0.25) is 0 Å². The van der Waals surface area contributed by atoms with E-state index in [1.807, 2.05) is 27.7 Å². The van der Waals surface area contributed by atoms with Crippen LogP contribution in [0.25, 0.3) is 0 Å². The van der Waals surface area contributed by atoms with Gasteiger partial charge in [-0.2, -0.15) is 0 Å². The molecule has 1 heteroatoms. The van der Waals surface area contributed by atoms with Crippen LogP contribution >= 0.6 is 0 Å². The lowest BCUT2D eigenvalue weighted by atomic mass is 9.46. The van der Waals surface area contributed by atoms with Gasteiger partial charge in [-0.1, -0.05) is 98.1 Å². The lowest BCUT2D eigenvalue weighted by Gasteiger charge is -2.59.